The molecule has 0 spiro atoms. The van der Waals surface area contributed by atoms with E-state index in [9.17, 15) is 14.4 Å². The van der Waals surface area contributed by atoms with E-state index in [0.29, 0.717) is 6.61 Å². The first-order valence-electron chi connectivity index (χ1n) is 8.95. The van der Waals surface area contributed by atoms with Gasteiger partial charge < -0.3 is 20.5 Å². The van der Waals surface area contributed by atoms with Crippen molar-refractivity contribution in [2.24, 2.45) is 0 Å². The van der Waals surface area contributed by atoms with Gasteiger partial charge in [-0.05, 0) is 6.42 Å². The molecule has 0 bridgehead atoms. The number of ether oxygens (including phenoxy) is 1. The Morgan fingerprint density at radius 1 is 0.792 bits per heavy atom. The molecule has 0 unspecified atom stereocenters. The molecule has 0 aromatic rings. The molecule has 0 saturated heterocycles. The Labute approximate surface area is 144 Å². The molecule has 0 aromatic heterocycles. The number of alkyl carbamates (subject to hydrolysis) is 1. The van der Waals surface area contributed by atoms with Gasteiger partial charge in [0.15, 0.2) is 0 Å². The van der Waals surface area contributed by atoms with Gasteiger partial charge in [0.25, 0.3) is 0 Å². The predicted molar refractivity (Wildman–Crippen MR) is 91.8 cm³/mol. The lowest BCUT2D eigenvalue weighted by molar-refractivity contribution is -0.137. The van der Waals surface area contributed by atoms with Crippen molar-refractivity contribution < 1.29 is 24.2 Å². The highest BCUT2D eigenvalue weighted by Gasteiger charge is 2.07. The molecule has 0 aliphatic rings. The molecule has 0 radical (unpaired) electrons. The summed E-state index contributed by atoms with van der Waals surface area (Å²) in [7, 11) is 0. The normalized spacial score (nSPS) is 10.2. The second-order valence-electron chi connectivity index (χ2n) is 5.84. The number of amides is 2. The number of carboxylic acids is 1. The third-order valence-corrected chi connectivity index (χ3v) is 3.56. The number of carboxylic acid groups (broad SMARTS) is 1. The molecule has 0 aliphatic heterocycles. The molecular weight excluding hydrogens is 312 g/mol. The topological polar surface area (TPSA) is 105 Å². The Bertz CT molecular complexity index is 361. The number of rotatable bonds is 15. The third-order valence-electron chi connectivity index (χ3n) is 3.56. The van der Waals surface area contributed by atoms with Crippen LogP contribution in [0.1, 0.15) is 71.1 Å². The quantitative estimate of drug-likeness (QED) is 0.396. The van der Waals surface area contributed by atoms with Crippen LogP contribution in [0.5, 0.6) is 0 Å². The first-order chi connectivity index (χ1) is 11.6. The van der Waals surface area contributed by atoms with Crippen LogP contribution < -0.4 is 10.6 Å². The Balaban J connectivity index is 3.31. The van der Waals surface area contributed by atoms with E-state index in [1.807, 2.05) is 0 Å². The maximum absolute atomic E-state index is 11.3. The summed E-state index contributed by atoms with van der Waals surface area (Å²) in [4.78, 5) is 32.7. The summed E-state index contributed by atoms with van der Waals surface area (Å²) in [6.07, 6.45) is 11.4. The summed E-state index contributed by atoms with van der Waals surface area (Å²) in [5.41, 5.74) is 0. The Morgan fingerprint density at radius 3 is 1.88 bits per heavy atom. The predicted octanol–water partition coefficient (Wildman–Crippen LogP) is 2.83. The molecule has 0 heterocycles. The van der Waals surface area contributed by atoms with Crippen molar-refractivity contribution in [2.45, 2.75) is 71.1 Å². The van der Waals surface area contributed by atoms with Crippen LogP contribution in [0, 0.1) is 0 Å². The van der Waals surface area contributed by atoms with E-state index in [2.05, 4.69) is 17.6 Å². The summed E-state index contributed by atoms with van der Waals surface area (Å²) in [5, 5.41) is 12.8. The molecule has 0 saturated carbocycles. The van der Waals surface area contributed by atoms with Crippen molar-refractivity contribution in [3.8, 4) is 0 Å². The van der Waals surface area contributed by atoms with Crippen molar-refractivity contribution in [1.29, 1.82) is 0 Å². The fourth-order valence-corrected chi connectivity index (χ4v) is 2.19. The highest BCUT2D eigenvalue weighted by molar-refractivity contribution is 5.84. The molecule has 7 nitrogen and oxygen atoms in total. The lowest BCUT2D eigenvalue weighted by Crippen LogP contribution is -2.39. The number of nitrogens with one attached hydrogen (secondary N) is 2. The number of hydrogen-bond acceptors (Lipinski definition) is 4. The molecule has 7 heteroatoms. The van der Waals surface area contributed by atoms with Crippen molar-refractivity contribution in [2.75, 3.05) is 19.7 Å². The SMILES string of the molecule is CCCCCCCCCCCCOC(=O)NCC(=O)NCC(=O)O. The van der Waals surface area contributed by atoms with Crippen LogP contribution in [-0.2, 0) is 14.3 Å². The zero-order chi connectivity index (χ0) is 18.0. The molecule has 0 aliphatic carbocycles. The van der Waals surface area contributed by atoms with Gasteiger partial charge in [-0.1, -0.05) is 64.7 Å². The van der Waals surface area contributed by atoms with Crippen molar-refractivity contribution in [3.63, 3.8) is 0 Å². The van der Waals surface area contributed by atoms with Gasteiger partial charge in [-0.15, -0.1) is 0 Å². The maximum atomic E-state index is 11.3. The van der Waals surface area contributed by atoms with Gasteiger partial charge in [-0.3, -0.25) is 9.59 Å². The largest absolute Gasteiger partial charge is 0.480 e. The van der Waals surface area contributed by atoms with Crippen LogP contribution in [0.25, 0.3) is 0 Å². The molecule has 0 fully saturated rings. The minimum absolute atomic E-state index is 0.288. The van der Waals surface area contributed by atoms with Gasteiger partial charge in [0, 0.05) is 0 Å². The summed E-state index contributed by atoms with van der Waals surface area (Å²) < 4.78 is 4.94. The van der Waals surface area contributed by atoms with E-state index in [-0.39, 0.29) is 6.54 Å². The fraction of sp³-hybridized carbons (Fsp3) is 0.824. The minimum atomic E-state index is -1.13. The van der Waals surface area contributed by atoms with Gasteiger partial charge in [-0.2, -0.15) is 0 Å². The minimum Gasteiger partial charge on any atom is -0.480 e. The van der Waals surface area contributed by atoms with Crippen LogP contribution in [0.3, 0.4) is 0 Å². The average Bonchev–Trinajstić information content (AvgIpc) is 2.56. The Kier molecular flexibility index (Phi) is 14.9. The van der Waals surface area contributed by atoms with Crippen molar-refractivity contribution in [3.05, 3.63) is 0 Å². The van der Waals surface area contributed by atoms with Crippen LogP contribution in [0.2, 0.25) is 0 Å². The van der Waals surface area contributed by atoms with Gasteiger partial charge >= 0.3 is 12.1 Å². The van der Waals surface area contributed by atoms with Crippen LogP contribution in [0.4, 0.5) is 4.79 Å². The number of unbranched alkanes of at least 4 members (excludes halogenated alkanes) is 9. The molecule has 140 valence electrons. The second kappa shape index (κ2) is 16.1. The average molecular weight is 344 g/mol. The van der Waals surface area contributed by atoms with Crippen molar-refractivity contribution in [1.82, 2.24) is 10.6 Å². The van der Waals surface area contributed by atoms with E-state index in [1.54, 1.807) is 0 Å². The number of carbonyl (C=O) groups excluding carboxylic acids is 2. The summed E-state index contributed by atoms with van der Waals surface area (Å²) in [5.74, 6) is -1.69. The van der Waals surface area contributed by atoms with E-state index < -0.39 is 24.5 Å². The Morgan fingerprint density at radius 2 is 1.33 bits per heavy atom. The number of aliphatic carboxylic acids is 1. The van der Waals surface area contributed by atoms with Gasteiger partial charge in [-0.25, -0.2) is 4.79 Å². The fourth-order valence-electron chi connectivity index (χ4n) is 2.19. The van der Waals surface area contributed by atoms with Crippen LogP contribution in [-0.4, -0.2) is 42.8 Å². The standard InChI is InChI=1S/C17H32N2O5/c1-2-3-4-5-6-7-8-9-10-11-12-24-17(23)19-13-15(20)18-14-16(21)22/h2-14H2,1H3,(H,18,20)(H,19,23)(H,21,22). The van der Waals surface area contributed by atoms with Gasteiger partial charge in [0.2, 0.25) is 5.91 Å². The molecule has 24 heavy (non-hydrogen) atoms. The van der Waals surface area contributed by atoms with E-state index in [1.165, 1.54) is 44.9 Å². The zero-order valence-corrected chi connectivity index (χ0v) is 14.8. The van der Waals surface area contributed by atoms with E-state index >= 15 is 0 Å². The lowest BCUT2D eigenvalue weighted by Gasteiger charge is -2.07. The summed E-state index contributed by atoms with van der Waals surface area (Å²) in [6, 6.07) is 0. The highest BCUT2D eigenvalue weighted by atomic mass is 16.5. The van der Waals surface area contributed by atoms with Gasteiger partial charge in [0.1, 0.15) is 13.1 Å². The smallest absolute Gasteiger partial charge is 0.407 e. The maximum Gasteiger partial charge on any atom is 0.407 e. The molecule has 0 aromatic carbocycles. The monoisotopic (exact) mass is 344 g/mol. The molecular formula is C17H32N2O5. The Hall–Kier alpha value is -1.79. The summed E-state index contributed by atoms with van der Waals surface area (Å²) >= 11 is 0. The number of hydrogen-bond donors (Lipinski definition) is 3. The molecule has 3 N–H and O–H groups in total. The van der Waals surface area contributed by atoms with Crippen LogP contribution >= 0.6 is 0 Å². The van der Waals surface area contributed by atoms with E-state index in [4.69, 9.17) is 9.84 Å². The molecule has 0 rings (SSSR count). The lowest BCUT2D eigenvalue weighted by atomic mass is 10.1. The first-order valence-corrected chi connectivity index (χ1v) is 8.95. The highest BCUT2D eigenvalue weighted by Crippen LogP contribution is 2.10. The van der Waals surface area contributed by atoms with Crippen molar-refractivity contribution >= 4 is 18.0 Å². The van der Waals surface area contributed by atoms with Gasteiger partial charge in [0.05, 0.1) is 6.61 Å². The molecule has 0 atom stereocenters. The van der Waals surface area contributed by atoms with E-state index in [0.717, 1.165) is 19.3 Å². The third kappa shape index (κ3) is 16.6. The second-order valence-corrected chi connectivity index (χ2v) is 5.84. The molecule has 2 amide bonds. The first kappa shape index (κ1) is 22.2. The summed E-state index contributed by atoms with van der Waals surface area (Å²) in [6.45, 7) is 1.80. The van der Waals surface area contributed by atoms with Crippen LogP contribution in [0.15, 0.2) is 0 Å². The zero-order valence-electron chi connectivity index (χ0n) is 14.8. The number of carbonyl (C=O) groups is 3.